The molecule has 1 saturated carbocycles. The van der Waals surface area contributed by atoms with Crippen LogP contribution in [0.15, 0.2) is 48.1 Å². The second-order valence-corrected chi connectivity index (χ2v) is 8.37. The Morgan fingerprint density at radius 2 is 1.86 bits per heavy atom. The summed E-state index contributed by atoms with van der Waals surface area (Å²) in [5, 5.41) is 13.2. The number of nitrogens with zero attached hydrogens (tertiary/aromatic N) is 6. The van der Waals surface area contributed by atoms with E-state index in [-0.39, 0.29) is 17.7 Å². The van der Waals surface area contributed by atoms with E-state index in [9.17, 15) is 9.59 Å². The quantitative estimate of drug-likeness (QED) is 0.657. The molecular formula is C20H20N6O2S. The van der Waals surface area contributed by atoms with Gasteiger partial charge in [-0.25, -0.2) is 4.68 Å². The molecule has 29 heavy (non-hydrogen) atoms. The summed E-state index contributed by atoms with van der Waals surface area (Å²) in [6.45, 7) is 2.28. The van der Waals surface area contributed by atoms with Gasteiger partial charge >= 0.3 is 0 Å². The lowest BCUT2D eigenvalue weighted by atomic mass is 10.1. The topological polar surface area (TPSA) is 84.2 Å². The van der Waals surface area contributed by atoms with Crippen LogP contribution in [0.3, 0.4) is 0 Å². The van der Waals surface area contributed by atoms with Crippen molar-refractivity contribution in [1.82, 2.24) is 30.0 Å². The number of rotatable bonds is 4. The van der Waals surface area contributed by atoms with E-state index in [1.54, 1.807) is 23.5 Å². The SMILES string of the molecule is O=C(c1cccc(-n2cnnn2)c1)N1CCN(C(=O)[C@@H]2CC2c2cccs2)CC1. The molecule has 2 aliphatic rings. The predicted molar refractivity (Wildman–Crippen MR) is 107 cm³/mol. The molecule has 5 rings (SSSR count). The van der Waals surface area contributed by atoms with E-state index >= 15 is 0 Å². The summed E-state index contributed by atoms with van der Waals surface area (Å²) >= 11 is 1.73. The van der Waals surface area contributed by atoms with Gasteiger partial charge in [0.15, 0.2) is 0 Å². The number of piperazine rings is 1. The van der Waals surface area contributed by atoms with Gasteiger partial charge in [0.05, 0.1) is 5.69 Å². The van der Waals surface area contributed by atoms with E-state index in [0.717, 1.165) is 12.1 Å². The van der Waals surface area contributed by atoms with Crippen LogP contribution in [0.1, 0.15) is 27.6 Å². The first-order valence-corrected chi connectivity index (χ1v) is 10.5. The van der Waals surface area contributed by atoms with Crippen molar-refractivity contribution in [1.29, 1.82) is 0 Å². The Hall–Kier alpha value is -3.07. The van der Waals surface area contributed by atoms with E-state index in [1.165, 1.54) is 15.9 Å². The Morgan fingerprint density at radius 1 is 1.03 bits per heavy atom. The molecule has 0 radical (unpaired) electrons. The lowest BCUT2D eigenvalue weighted by molar-refractivity contribution is -0.134. The molecule has 2 fully saturated rings. The summed E-state index contributed by atoms with van der Waals surface area (Å²) in [6.07, 6.45) is 2.44. The smallest absolute Gasteiger partial charge is 0.254 e. The Balaban J connectivity index is 1.19. The summed E-state index contributed by atoms with van der Waals surface area (Å²) in [5.74, 6) is 0.700. The molecule has 1 aromatic carbocycles. The zero-order chi connectivity index (χ0) is 19.8. The molecule has 2 aromatic heterocycles. The second kappa shape index (κ2) is 7.40. The van der Waals surface area contributed by atoms with Gasteiger partial charge in [-0.05, 0) is 46.5 Å². The summed E-state index contributed by atoms with van der Waals surface area (Å²) in [5.41, 5.74) is 1.33. The van der Waals surface area contributed by atoms with Gasteiger partial charge in [0.2, 0.25) is 5.91 Å². The highest BCUT2D eigenvalue weighted by molar-refractivity contribution is 7.10. The van der Waals surface area contributed by atoms with Crippen LogP contribution in [-0.4, -0.2) is 68.0 Å². The number of tetrazole rings is 1. The van der Waals surface area contributed by atoms with Gasteiger partial charge in [-0.15, -0.1) is 16.4 Å². The van der Waals surface area contributed by atoms with Crippen molar-refractivity contribution in [3.63, 3.8) is 0 Å². The van der Waals surface area contributed by atoms with Crippen LogP contribution in [0.25, 0.3) is 5.69 Å². The van der Waals surface area contributed by atoms with Crippen molar-refractivity contribution in [3.8, 4) is 5.69 Å². The van der Waals surface area contributed by atoms with Gasteiger partial charge in [0.1, 0.15) is 6.33 Å². The van der Waals surface area contributed by atoms with Gasteiger partial charge in [0.25, 0.3) is 5.91 Å². The second-order valence-electron chi connectivity index (χ2n) is 7.39. The van der Waals surface area contributed by atoms with Crippen LogP contribution in [0, 0.1) is 5.92 Å². The molecule has 1 saturated heterocycles. The monoisotopic (exact) mass is 408 g/mol. The number of thiophene rings is 1. The Labute approximate surface area is 171 Å². The average molecular weight is 408 g/mol. The molecule has 1 aliphatic heterocycles. The minimum Gasteiger partial charge on any atom is -0.339 e. The highest BCUT2D eigenvalue weighted by Crippen LogP contribution is 2.50. The summed E-state index contributed by atoms with van der Waals surface area (Å²) < 4.78 is 1.52. The first-order chi connectivity index (χ1) is 14.2. The van der Waals surface area contributed by atoms with Gasteiger partial charge in [-0.2, -0.15) is 0 Å². The van der Waals surface area contributed by atoms with E-state index in [1.807, 2.05) is 28.0 Å². The van der Waals surface area contributed by atoms with Crippen molar-refractivity contribution < 1.29 is 9.59 Å². The van der Waals surface area contributed by atoms with Crippen molar-refractivity contribution in [3.05, 3.63) is 58.5 Å². The van der Waals surface area contributed by atoms with Gasteiger partial charge < -0.3 is 9.80 Å². The number of hydrogen-bond acceptors (Lipinski definition) is 6. The first kappa shape index (κ1) is 18.0. The molecule has 3 heterocycles. The van der Waals surface area contributed by atoms with E-state index < -0.39 is 0 Å². The predicted octanol–water partition coefficient (Wildman–Crippen LogP) is 1.81. The fraction of sp³-hybridized carbons (Fsp3) is 0.350. The Bertz CT molecular complexity index is 1010. The van der Waals surface area contributed by atoms with Crippen molar-refractivity contribution in [2.24, 2.45) is 5.92 Å². The summed E-state index contributed by atoms with van der Waals surface area (Å²) in [4.78, 5) is 30.7. The molecule has 2 atom stereocenters. The molecule has 8 nitrogen and oxygen atoms in total. The van der Waals surface area contributed by atoms with Crippen LogP contribution in [-0.2, 0) is 4.79 Å². The fourth-order valence-corrected chi connectivity index (χ4v) is 4.80. The standard InChI is InChI=1S/C20H20N6O2S/c27-19(14-3-1-4-15(11-14)26-13-21-22-23-26)24-6-8-25(9-7-24)20(28)17-12-16(17)18-5-2-10-29-18/h1-5,10-11,13,16-17H,6-9,12H2/t16?,17-/m1/s1. The van der Waals surface area contributed by atoms with E-state index in [2.05, 4.69) is 27.0 Å². The largest absolute Gasteiger partial charge is 0.339 e. The number of benzene rings is 1. The maximum Gasteiger partial charge on any atom is 0.254 e. The lowest BCUT2D eigenvalue weighted by Crippen LogP contribution is -2.51. The number of carbonyl (C=O) groups excluding carboxylic acids is 2. The normalized spacial score (nSPS) is 21.2. The Kier molecular flexibility index (Phi) is 4.59. The average Bonchev–Trinajstić information content (AvgIpc) is 3.16. The number of hydrogen-bond donors (Lipinski definition) is 0. The van der Waals surface area contributed by atoms with Crippen LogP contribution in [0.2, 0.25) is 0 Å². The molecule has 3 aromatic rings. The van der Waals surface area contributed by atoms with E-state index in [4.69, 9.17) is 0 Å². The van der Waals surface area contributed by atoms with Crippen LogP contribution in [0.5, 0.6) is 0 Å². The molecule has 0 N–H and O–H groups in total. The Morgan fingerprint density at radius 3 is 2.59 bits per heavy atom. The zero-order valence-corrected chi connectivity index (χ0v) is 16.5. The molecule has 0 bridgehead atoms. The maximum absolute atomic E-state index is 12.9. The van der Waals surface area contributed by atoms with Crippen LogP contribution < -0.4 is 0 Å². The fourth-order valence-electron chi connectivity index (χ4n) is 3.89. The summed E-state index contributed by atoms with van der Waals surface area (Å²) in [7, 11) is 0. The van der Waals surface area contributed by atoms with Crippen LogP contribution >= 0.6 is 11.3 Å². The number of amides is 2. The molecule has 0 spiro atoms. The van der Waals surface area contributed by atoms with Gasteiger partial charge in [-0.1, -0.05) is 12.1 Å². The van der Waals surface area contributed by atoms with Crippen molar-refractivity contribution >= 4 is 23.2 Å². The minimum atomic E-state index is -0.0325. The highest BCUT2D eigenvalue weighted by Gasteiger charge is 2.46. The maximum atomic E-state index is 12.9. The molecule has 9 heteroatoms. The third-order valence-corrected chi connectivity index (χ3v) is 6.61. The number of aromatic nitrogens is 4. The third kappa shape index (κ3) is 3.53. The van der Waals surface area contributed by atoms with Gasteiger partial charge in [-0.3, -0.25) is 9.59 Å². The number of carbonyl (C=O) groups is 2. The van der Waals surface area contributed by atoms with Crippen LogP contribution in [0.4, 0.5) is 0 Å². The first-order valence-electron chi connectivity index (χ1n) is 9.65. The zero-order valence-electron chi connectivity index (χ0n) is 15.7. The highest BCUT2D eigenvalue weighted by atomic mass is 32.1. The van der Waals surface area contributed by atoms with E-state index in [0.29, 0.717) is 37.7 Å². The minimum absolute atomic E-state index is 0.0325. The van der Waals surface area contributed by atoms with Gasteiger partial charge in [0, 0.05) is 48.5 Å². The summed E-state index contributed by atoms with van der Waals surface area (Å²) in [6, 6.07) is 11.4. The third-order valence-electron chi connectivity index (χ3n) is 5.60. The molecule has 148 valence electrons. The lowest BCUT2D eigenvalue weighted by Gasteiger charge is -2.35. The molecular weight excluding hydrogens is 388 g/mol. The molecule has 1 unspecified atom stereocenters. The van der Waals surface area contributed by atoms with Crippen molar-refractivity contribution in [2.75, 3.05) is 26.2 Å². The molecule has 2 amide bonds. The molecule has 1 aliphatic carbocycles. The van der Waals surface area contributed by atoms with Crippen molar-refractivity contribution in [2.45, 2.75) is 12.3 Å².